The van der Waals surface area contributed by atoms with Gasteiger partial charge in [0.15, 0.2) is 6.61 Å². The number of aromatic nitrogens is 2. The van der Waals surface area contributed by atoms with Crippen LogP contribution >= 0.6 is 0 Å². The lowest BCUT2D eigenvalue weighted by Crippen LogP contribution is -2.31. The molecule has 6 heteroatoms. The molecule has 0 spiro atoms. The summed E-state index contributed by atoms with van der Waals surface area (Å²) in [7, 11) is 1.69. The summed E-state index contributed by atoms with van der Waals surface area (Å²) in [5, 5.41) is 2.88. The normalized spacial score (nSPS) is 10.8. The molecule has 0 radical (unpaired) electrons. The van der Waals surface area contributed by atoms with Crippen LogP contribution in [-0.4, -0.2) is 42.3 Å². The molecule has 2 aromatic carbocycles. The molecular formula is C20H23N3O3. The second kappa shape index (κ2) is 9.01. The molecule has 1 heterocycles. The van der Waals surface area contributed by atoms with Crippen molar-refractivity contribution in [2.75, 3.05) is 26.9 Å². The molecule has 0 saturated heterocycles. The van der Waals surface area contributed by atoms with Gasteiger partial charge in [-0.1, -0.05) is 30.3 Å². The van der Waals surface area contributed by atoms with Crippen molar-refractivity contribution in [1.29, 1.82) is 0 Å². The fourth-order valence-electron chi connectivity index (χ4n) is 2.78. The maximum absolute atomic E-state index is 12.0. The Morgan fingerprint density at radius 2 is 1.88 bits per heavy atom. The minimum Gasteiger partial charge on any atom is -0.484 e. The zero-order valence-corrected chi connectivity index (χ0v) is 14.9. The predicted molar refractivity (Wildman–Crippen MR) is 100 cm³/mol. The topological polar surface area (TPSA) is 65.4 Å². The van der Waals surface area contributed by atoms with Gasteiger partial charge in [-0.3, -0.25) is 4.79 Å². The highest BCUT2D eigenvalue weighted by Gasteiger charge is 2.10. The molecule has 3 aromatic rings. The summed E-state index contributed by atoms with van der Waals surface area (Å²) in [6, 6.07) is 17.3. The minimum atomic E-state index is -0.145. The second-order valence-corrected chi connectivity index (χ2v) is 5.86. The molecule has 6 nitrogen and oxygen atoms in total. The number of hydrogen-bond acceptors (Lipinski definition) is 4. The first-order valence-corrected chi connectivity index (χ1v) is 8.65. The van der Waals surface area contributed by atoms with Crippen molar-refractivity contribution in [3.63, 3.8) is 0 Å². The lowest BCUT2D eigenvalue weighted by Gasteiger charge is -2.10. The van der Waals surface area contributed by atoms with Gasteiger partial charge in [0.2, 0.25) is 0 Å². The highest BCUT2D eigenvalue weighted by atomic mass is 16.5. The van der Waals surface area contributed by atoms with E-state index in [1.165, 1.54) is 0 Å². The van der Waals surface area contributed by atoms with Crippen molar-refractivity contribution in [2.45, 2.75) is 13.0 Å². The molecule has 0 saturated carbocycles. The van der Waals surface area contributed by atoms with Crippen LogP contribution in [0.2, 0.25) is 0 Å². The standard InChI is InChI=1S/C20H23N3O3/c1-25-14-13-23-18-10-6-5-9-17(18)22-19(23)11-12-21-20(24)15-26-16-7-3-2-4-8-16/h2-10H,11-15H2,1H3,(H,21,24). The van der Waals surface area contributed by atoms with Gasteiger partial charge in [0, 0.05) is 26.6 Å². The number of para-hydroxylation sites is 3. The van der Waals surface area contributed by atoms with Crippen molar-refractivity contribution in [1.82, 2.24) is 14.9 Å². The molecule has 0 aliphatic heterocycles. The van der Waals surface area contributed by atoms with Crippen LogP contribution in [0.1, 0.15) is 5.82 Å². The monoisotopic (exact) mass is 353 g/mol. The van der Waals surface area contributed by atoms with Gasteiger partial charge in [0.1, 0.15) is 11.6 Å². The quantitative estimate of drug-likeness (QED) is 0.642. The zero-order chi connectivity index (χ0) is 18.2. The molecular weight excluding hydrogens is 330 g/mol. The van der Waals surface area contributed by atoms with E-state index in [4.69, 9.17) is 9.47 Å². The lowest BCUT2D eigenvalue weighted by atomic mass is 10.3. The van der Waals surface area contributed by atoms with Gasteiger partial charge in [0.25, 0.3) is 5.91 Å². The van der Waals surface area contributed by atoms with Crippen molar-refractivity contribution >= 4 is 16.9 Å². The van der Waals surface area contributed by atoms with E-state index in [-0.39, 0.29) is 12.5 Å². The van der Waals surface area contributed by atoms with E-state index in [1.54, 1.807) is 7.11 Å². The van der Waals surface area contributed by atoms with Crippen LogP contribution in [-0.2, 0) is 22.5 Å². The lowest BCUT2D eigenvalue weighted by molar-refractivity contribution is -0.123. The number of carbonyl (C=O) groups excluding carboxylic acids is 1. The molecule has 0 atom stereocenters. The Labute approximate surface area is 152 Å². The van der Waals surface area contributed by atoms with Gasteiger partial charge in [-0.15, -0.1) is 0 Å². The van der Waals surface area contributed by atoms with Gasteiger partial charge in [-0.05, 0) is 24.3 Å². The van der Waals surface area contributed by atoms with Crippen molar-refractivity contribution in [3.8, 4) is 5.75 Å². The molecule has 0 unspecified atom stereocenters. The van der Waals surface area contributed by atoms with E-state index >= 15 is 0 Å². The Morgan fingerprint density at radius 1 is 1.12 bits per heavy atom. The summed E-state index contributed by atoms with van der Waals surface area (Å²) in [5.74, 6) is 1.48. The van der Waals surface area contributed by atoms with Gasteiger partial charge in [-0.2, -0.15) is 0 Å². The Bertz CT molecular complexity index is 846. The molecule has 3 rings (SSSR count). The number of hydrogen-bond donors (Lipinski definition) is 1. The highest BCUT2D eigenvalue weighted by molar-refractivity contribution is 5.77. The van der Waals surface area contributed by atoms with Gasteiger partial charge < -0.3 is 19.4 Å². The van der Waals surface area contributed by atoms with Crippen molar-refractivity contribution in [2.24, 2.45) is 0 Å². The number of methoxy groups -OCH3 is 1. The largest absolute Gasteiger partial charge is 0.484 e. The summed E-state index contributed by atoms with van der Waals surface area (Å²) in [5.41, 5.74) is 2.04. The zero-order valence-electron chi connectivity index (χ0n) is 14.9. The minimum absolute atomic E-state index is 0.00407. The summed E-state index contributed by atoms with van der Waals surface area (Å²) in [6.07, 6.45) is 0.648. The first-order chi connectivity index (χ1) is 12.8. The highest BCUT2D eigenvalue weighted by Crippen LogP contribution is 2.16. The summed E-state index contributed by atoms with van der Waals surface area (Å²) in [6.45, 7) is 1.86. The maximum Gasteiger partial charge on any atom is 0.257 e. The number of benzene rings is 2. The summed E-state index contributed by atoms with van der Waals surface area (Å²) < 4.78 is 12.8. The Balaban J connectivity index is 1.54. The van der Waals surface area contributed by atoms with E-state index in [9.17, 15) is 4.79 Å². The molecule has 26 heavy (non-hydrogen) atoms. The predicted octanol–water partition coefficient (Wildman–Crippen LogP) is 2.42. The van der Waals surface area contributed by atoms with E-state index < -0.39 is 0 Å². The Hall–Kier alpha value is -2.86. The number of fused-ring (bicyclic) bond motifs is 1. The number of imidazole rings is 1. The fourth-order valence-corrected chi connectivity index (χ4v) is 2.78. The van der Waals surface area contributed by atoms with E-state index in [2.05, 4.69) is 14.9 Å². The van der Waals surface area contributed by atoms with Crippen LogP contribution in [0.25, 0.3) is 11.0 Å². The molecule has 0 aliphatic carbocycles. The molecule has 1 amide bonds. The SMILES string of the molecule is COCCn1c(CCNC(=O)COc2ccccc2)nc2ccccc21. The third kappa shape index (κ3) is 4.61. The molecule has 0 aliphatic rings. The van der Waals surface area contributed by atoms with Crippen LogP contribution in [0, 0.1) is 0 Å². The maximum atomic E-state index is 12.0. The molecule has 0 bridgehead atoms. The average molecular weight is 353 g/mol. The van der Waals surface area contributed by atoms with Crippen molar-refractivity contribution in [3.05, 3.63) is 60.4 Å². The van der Waals surface area contributed by atoms with Gasteiger partial charge >= 0.3 is 0 Å². The first kappa shape index (κ1) is 17.9. The van der Waals surface area contributed by atoms with E-state index in [0.717, 1.165) is 23.4 Å². The number of amides is 1. The smallest absolute Gasteiger partial charge is 0.257 e. The molecule has 1 aromatic heterocycles. The second-order valence-electron chi connectivity index (χ2n) is 5.86. The third-order valence-electron chi connectivity index (χ3n) is 4.04. The summed E-state index contributed by atoms with van der Waals surface area (Å²) in [4.78, 5) is 16.6. The molecule has 0 fully saturated rings. The summed E-state index contributed by atoms with van der Waals surface area (Å²) >= 11 is 0. The van der Waals surface area contributed by atoms with Gasteiger partial charge in [0.05, 0.1) is 17.6 Å². The van der Waals surface area contributed by atoms with Crippen molar-refractivity contribution < 1.29 is 14.3 Å². The van der Waals surface area contributed by atoms with E-state index in [0.29, 0.717) is 25.3 Å². The van der Waals surface area contributed by atoms with Crippen LogP contribution < -0.4 is 10.1 Å². The third-order valence-corrected chi connectivity index (χ3v) is 4.04. The number of rotatable bonds is 9. The van der Waals surface area contributed by atoms with Crippen LogP contribution in [0.4, 0.5) is 0 Å². The van der Waals surface area contributed by atoms with Crippen LogP contribution in [0.15, 0.2) is 54.6 Å². The Morgan fingerprint density at radius 3 is 2.69 bits per heavy atom. The Kier molecular flexibility index (Phi) is 6.22. The molecule has 136 valence electrons. The number of carbonyl (C=O) groups is 1. The molecule has 1 N–H and O–H groups in total. The number of ether oxygens (including phenoxy) is 2. The number of nitrogens with zero attached hydrogens (tertiary/aromatic N) is 2. The van der Waals surface area contributed by atoms with Crippen LogP contribution in [0.5, 0.6) is 5.75 Å². The average Bonchev–Trinajstić information content (AvgIpc) is 3.03. The van der Waals surface area contributed by atoms with Crippen LogP contribution in [0.3, 0.4) is 0 Å². The first-order valence-electron chi connectivity index (χ1n) is 8.65. The van der Waals surface area contributed by atoms with E-state index in [1.807, 2.05) is 54.6 Å². The fraction of sp³-hybridized carbons (Fsp3) is 0.300. The number of nitrogens with one attached hydrogen (secondary N) is 1. The van der Waals surface area contributed by atoms with Gasteiger partial charge in [-0.25, -0.2) is 4.98 Å².